The lowest BCUT2D eigenvalue weighted by Crippen LogP contribution is -2.43. The number of likely N-dealkylation sites (N-methyl/N-ethyl adjacent to an activating group) is 1. The molecule has 1 amide bonds. The number of nitrogens with zero attached hydrogens (tertiary/aromatic N) is 5. The summed E-state index contributed by atoms with van der Waals surface area (Å²) in [6.45, 7) is 1.84. The Morgan fingerprint density at radius 2 is 2.17 bits per heavy atom. The second-order valence-electron chi connectivity index (χ2n) is 6.34. The molecule has 148 valence electrons. The van der Waals surface area contributed by atoms with Gasteiger partial charge in [-0.05, 0) is 30.7 Å². The molecule has 1 atom stereocenters. The van der Waals surface area contributed by atoms with E-state index >= 15 is 0 Å². The molecule has 0 saturated carbocycles. The second kappa shape index (κ2) is 8.39. The van der Waals surface area contributed by atoms with E-state index in [9.17, 15) is 10.1 Å². The van der Waals surface area contributed by atoms with Crippen molar-refractivity contribution >= 4 is 34.3 Å². The molecule has 0 radical (unpaired) electrons. The topological polar surface area (TPSA) is 130 Å². The third kappa shape index (κ3) is 4.01. The van der Waals surface area contributed by atoms with E-state index in [1.165, 1.54) is 7.11 Å². The van der Waals surface area contributed by atoms with Gasteiger partial charge in [0.15, 0.2) is 11.4 Å². The van der Waals surface area contributed by atoms with Crippen molar-refractivity contribution in [3.8, 4) is 11.9 Å². The summed E-state index contributed by atoms with van der Waals surface area (Å²) in [5.74, 6) is 0.104. The van der Waals surface area contributed by atoms with Crippen molar-refractivity contribution in [1.82, 2.24) is 15.0 Å². The van der Waals surface area contributed by atoms with Crippen LogP contribution in [-0.2, 0) is 4.79 Å². The fraction of sp³-hybridized carbons (Fsp3) is 0.250. The molecule has 0 aliphatic rings. The number of nitriles is 1. The van der Waals surface area contributed by atoms with Crippen molar-refractivity contribution in [1.29, 1.82) is 5.26 Å². The minimum absolute atomic E-state index is 0.105. The van der Waals surface area contributed by atoms with Crippen LogP contribution >= 0.6 is 0 Å². The highest BCUT2D eigenvalue weighted by Gasteiger charge is 2.24. The number of pyridine rings is 1. The molecule has 0 spiro atoms. The van der Waals surface area contributed by atoms with Gasteiger partial charge in [0, 0.05) is 24.3 Å². The molecule has 3 N–H and O–H groups in total. The number of amides is 1. The molecular formula is C20H21N7O2. The Hall–Kier alpha value is -3.93. The van der Waals surface area contributed by atoms with Gasteiger partial charge in [-0.1, -0.05) is 13.0 Å². The van der Waals surface area contributed by atoms with Crippen molar-refractivity contribution in [2.45, 2.75) is 19.4 Å². The Kier molecular flexibility index (Phi) is 5.74. The maximum absolute atomic E-state index is 11.7. The lowest BCUT2D eigenvalue weighted by atomic mass is 10.2. The van der Waals surface area contributed by atoms with Crippen molar-refractivity contribution in [2.24, 2.45) is 5.73 Å². The molecule has 0 aliphatic heterocycles. The van der Waals surface area contributed by atoms with Gasteiger partial charge in [0.2, 0.25) is 17.7 Å². The van der Waals surface area contributed by atoms with Gasteiger partial charge in [0.05, 0.1) is 12.6 Å². The molecule has 9 nitrogen and oxygen atoms in total. The van der Waals surface area contributed by atoms with Crippen LogP contribution in [0.5, 0.6) is 5.88 Å². The van der Waals surface area contributed by atoms with Crippen molar-refractivity contribution in [3.63, 3.8) is 0 Å². The van der Waals surface area contributed by atoms with Crippen LogP contribution in [0.4, 0.5) is 17.5 Å². The number of anilines is 3. The van der Waals surface area contributed by atoms with E-state index < -0.39 is 11.9 Å². The highest BCUT2D eigenvalue weighted by atomic mass is 16.5. The Balaban J connectivity index is 2.06. The third-order valence-corrected chi connectivity index (χ3v) is 4.53. The highest BCUT2D eigenvalue weighted by Crippen LogP contribution is 2.29. The van der Waals surface area contributed by atoms with Crippen LogP contribution in [0, 0.1) is 11.3 Å². The number of ether oxygens (including phenoxy) is 1. The van der Waals surface area contributed by atoms with Gasteiger partial charge in [-0.15, -0.1) is 0 Å². The Labute approximate surface area is 168 Å². The summed E-state index contributed by atoms with van der Waals surface area (Å²) in [6, 6.07) is 10.9. The zero-order chi connectivity index (χ0) is 21.0. The Morgan fingerprint density at radius 1 is 1.38 bits per heavy atom. The van der Waals surface area contributed by atoms with Crippen molar-refractivity contribution in [3.05, 3.63) is 42.1 Å². The minimum atomic E-state index is -0.591. The number of benzene rings is 1. The van der Waals surface area contributed by atoms with Crippen molar-refractivity contribution < 1.29 is 9.53 Å². The number of aromatic nitrogens is 3. The number of rotatable bonds is 7. The molecular weight excluding hydrogens is 370 g/mol. The summed E-state index contributed by atoms with van der Waals surface area (Å²) in [6.07, 6.45) is 2.21. The monoisotopic (exact) mass is 391 g/mol. The average Bonchev–Trinajstić information content (AvgIpc) is 2.73. The first-order valence-electron chi connectivity index (χ1n) is 8.98. The van der Waals surface area contributed by atoms with Crippen LogP contribution < -0.4 is 20.7 Å². The SMILES string of the molecule is CC[C@H](C(N)=O)N(C)c1nc(Nc2ccc3ncccc3c2)c(C#N)c(OC)n1. The molecule has 9 heteroatoms. The van der Waals surface area contributed by atoms with E-state index in [1.54, 1.807) is 18.1 Å². The van der Waals surface area contributed by atoms with Crippen LogP contribution in [0.1, 0.15) is 18.9 Å². The number of nitrogens with one attached hydrogen (secondary N) is 1. The maximum Gasteiger partial charge on any atom is 0.240 e. The number of nitrogens with two attached hydrogens (primary N) is 1. The van der Waals surface area contributed by atoms with Gasteiger partial charge in [-0.2, -0.15) is 15.2 Å². The molecule has 0 aliphatic carbocycles. The van der Waals surface area contributed by atoms with Crippen LogP contribution in [-0.4, -0.2) is 41.1 Å². The summed E-state index contributed by atoms with van der Waals surface area (Å²) in [7, 11) is 3.09. The van der Waals surface area contributed by atoms with Gasteiger partial charge >= 0.3 is 0 Å². The molecule has 2 aromatic heterocycles. The van der Waals surface area contributed by atoms with Gasteiger partial charge < -0.3 is 20.7 Å². The molecule has 29 heavy (non-hydrogen) atoms. The van der Waals surface area contributed by atoms with E-state index in [0.717, 1.165) is 16.6 Å². The van der Waals surface area contributed by atoms with Crippen LogP contribution in [0.2, 0.25) is 0 Å². The molecule has 3 rings (SSSR count). The predicted octanol–water partition coefficient (Wildman–Crippen LogP) is 2.35. The zero-order valence-corrected chi connectivity index (χ0v) is 16.4. The lowest BCUT2D eigenvalue weighted by Gasteiger charge is -2.25. The molecule has 1 aromatic carbocycles. The molecule has 3 aromatic rings. The average molecular weight is 391 g/mol. The lowest BCUT2D eigenvalue weighted by molar-refractivity contribution is -0.119. The molecule has 0 bridgehead atoms. The molecule has 2 heterocycles. The number of hydrogen-bond acceptors (Lipinski definition) is 8. The van der Waals surface area contributed by atoms with E-state index in [0.29, 0.717) is 6.42 Å². The molecule has 0 unspecified atom stereocenters. The number of hydrogen-bond donors (Lipinski definition) is 2. The number of primary amides is 1. The molecule has 0 fully saturated rings. The largest absolute Gasteiger partial charge is 0.480 e. The first-order chi connectivity index (χ1) is 14.0. The van der Waals surface area contributed by atoms with Gasteiger partial charge in [0.1, 0.15) is 12.1 Å². The van der Waals surface area contributed by atoms with Gasteiger partial charge in [-0.25, -0.2) is 0 Å². The zero-order valence-electron chi connectivity index (χ0n) is 16.4. The Morgan fingerprint density at radius 3 is 2.83 bits per heavy atom. The second-order valence-corrected chi connectivity index (χ2v) is 6.34. The number of carbonyl (C=O) groups is 1. The summed E-state index contributed by atoms with van der Waals surface area (Å²) in [5.41, 5.74) is 7.21. The maximum atomic E-state index is 11.7. The van der Waals surface area contributed by atoms with Crippen LogP contribution in [0.25, 0.3) is 10.9 Å². The highest BCUT2D eigenvalue weighted by molar-refractivity contribution is 5.84. The van der Waals surface area contributed by atoms with Crippen LogP contribution in [0.3, 0.4) is 0 Å². The summed E-state index contributed by atoms with van der Waals surface area (Å²) in [5, 5.41) is 13.7. The van der Waals surface area contributed by atoms with E-state index in [2.05, 4.69) is 26.3 Å². The quantitative estimate of drug-likeness (QED) is 0.628. The van der Waals surface area contributed by atoms with Crippen molar-refractivity contribution in [2.75, 3.05) is 24.4 Å². The summed E-state index contributed by atoms with van der Waals surface area (Å²) in [4.78, 5) is 26.3. The third-order valence-electron chi connectivity index (χ3n) is 4.53. The fourth-order valence-electron chi connectivity index (χ4n) is 3.02. The number of methoxy groups -OCH3 is 1. The molecule has 0 saturated heterocycles. The first kappa shape index (κ1) is 19.8. The minimum Gasteiger partial charge on any atom is -0.480 e. The van der Waals surface area contributed by atoms with E-state index in [-0.39, 0.29) is 23.2 Å². The number of carbonyl (C=O) groups excluding carboxylic acids is 1. The van der Waals surface area contributed by atoms with Gasteiger partial charge in [0.25, 0.3) is 0 Å². The van der Waals surface area contributed by atoms with E-state index in [1.807, 2.05) is 37.3 Å². The summed E-state index contributed by atoms with van der Waals surface area (Å²) >= 11 is 0. The smallest absolute Gasteiger partial charge is 0.240 e. The number of fused-ring (bicyclic) bond motifs is 1. The van der Waals surface area contributed by atoms with E-state index in [4.69, 9.17) is 10.5 Å². The van der Waals surface area contributed by atoms with Crippen LogP contribution in [0.15, 0.2) is 36.5 Å². The predicted molar refractivity (Wildman–Crippen MR) is 110 cm³/mol. The fourth-order valence-corrected chi connectivity index (χ4v) is 3.02. The van der Waals surface area contributed by atoms with Gasteiger partial charge in [-0.3, -0.25) is 9.78 Å². The normalized spacial score (nSPS) is 11.5. The first-order valence-corrected chi connectivity index (χ1v) is 8.98. The standard InChI is InChI=1S/C20H21N7O2/c1-4-16(17(22)28)27(2)20-25-18(14(11-21)19(26-20)29-3)24-13-7-8-15-12(10-13)6-5-9-23-15/h5-10,16H,4H2,1-3H3,(H2,22,28)(H,24,25,26)/t16-/m1/s1. The summed E-state index contributed by atoms with van der Waals surface area (Å²) < 4.78 is 5.28. The Bertz CT molecular complexity index is 1090.